The van der Waals surface area contributed by atoms with Crippen molar-refractivity contribution in [2.24, 2.45) is 5.10 Å². The molecule has 0 aliphatic rings. The summed E-state index contributed by atoms with van der Waals surface area (Å²) in [7, 11) is 0. The molecule has 120 valence electrons. The van der Waals surface area contributed by atoms with E-state index in [1.54, 1.807) is 18.2 Å². The fourth-order valence-electron chi connectivity index (χ4n) is 1.55. The van der Waals surface area contributed by atoms with Gasteiger partial charge in [0.1, 0.15) is 10.0 Å². The van der Waals surface area contributed by atoms with E-state index in [1.807, 2.05) is 0 Å². The molecule has 0 saturated heterocycles. The summed E-state index contributed by atoms with van der Waals surface area (Å²) in [6.07, 6.45) is 1.34. The molecule has 1 aromatic carbocycles. The number of aromatic carboxylic acids is 1. The van der Waals surface area contributed by atoms with Crippen molar-refractivity contribution in [3.05, 3.63) is 54.7 Å². The van der Waals surface area contributed by atoms with Crippen LogP contribution in [-0.2, 0) is 0 Å². The van der Waals surface area contributed by atoms with Gasteiger partial charge in [0.2, 0.25) is 0 Å². The number of carboxylic acids is 1. The minimum Gasteiger partial charge on any atom is -0.476 e. The van der Waals surface area contributed by atoms with E-state index in [0.717, 1.165) is 0 Å². The van der Waals surface area contributed by atoms with E-state index in [9.17, 15) is 4.79 Å². The van der Waals surface area contributed by atoms with E-state index >= 15 is 0 Å². The average Bonchev–Trinajstić information content (AvgIpc) is 2.48. The van der Waals surface area contributed by atoms with Gasteiger partial charge in [-0.2, -0.15) is 5.10 Å². The number of benzene rings is 1. The summed E-state index contributed by atoms with van der Waals surface area (Å²) in [5, 5.41) is 13.2. The SMILES string of the molecule is O=C(O)c1nc(Cl)c(Cl)c(NN=Cc2c(Cl)cccc2Cl)c1Cl. The number of nitrogens with one attached hydrogen (secondary N) is 1. The monoisotopic (exact) mass is 411 g/mol. The third-order valence-corrected chi connectivity index (χ3v) is 4.38. The predicted octanol–water partition coefficient (Wildman–Crippen LogP) is 5.49. The number of hydrogen-bond acceptors (Lipinski definition) is 4. The third kappa shape index (κ3) is 4.00. The number of rotatable bonds is 4. The summed E-state index contributed by atoms with van der Waals surface area (Å²) in [6.45, 7) is 0. The molecule has 0 saturated carbocycles. The smallest absolute Gasteiger partial charge is 0.356 e. The number of nitrogens with zero attached hydrogens (tertiary/aromatic N) is 2. The summed E-state index contributed by atoms with van der Waals surface area (Å²) >= 11 is 29.7. The highest BCUT2D eigenvalue weighted by molar-refractivity contribution is 6.46. The zero-order chi connectivity index (χ0) is 17.1. The first-order valence-corrected chi connectivity index (χ1v) is 7.72. The molecule has 1 aromatic heterocycles. The number of halogens is 5. The Hall–Kier alpha value is -1.24. The van der Waals surface area contributed by atoms with Gasteiger partial charge in [0.05, 0.1) is 21.9 Å². The largest absolute Gasteiger partial charge is 0.476 e. The number of hydrazone groups is 1. The molecule has 2 aromatic rings. The number of carbonyl (C=O) groups is 1. The lowest BCUT2D eigenvalue weighted by Crippen LogP contribution is -2.05. The number of pyridine rings is 1. The van der Waals surface area contributed by atoms with E-state index in [0.29, 0.717) is 15.6 Å². The van der Waals surface area contributed by atoms with Crippen LogP contribution in [0.25, 0.3) is 0 Å². The maximum Gasteiger partial charge on any atom is 0.356 e. The molecule has 5 nitrogen and oxygen atoms in total. The molecule has 0 radical (unpaired) electrons. The van der Waals surface area contributed by atoms with Gasteiger partial charge < -0.3 is 5.11 Å². The van der Waals surface area contributed by atoms with Crippen LogP contribution in [0.2, 0.25) is 25.2 Å². The normalized spacial score (nSPS) is 11.0. The molecule has 0 spiro atoms. The zero-order valence-electron chi connectivity index (χ0n) is 10.9. The van der Waals surface area contributed by atoms with Gasteiger partial charge in [-0.1, -0.05) is 64.1 Å². The van der Waals surface area contributed by atoms with E-state index in [4.69, 9.17) is 63.1 Å². The van der Waals surface area contributed by atoms with Crippen molar-refractivity contribution >= 4 is 75.9 Å². The molecule has 0 bridgehead atoms. The van der Waals surface area contributed by atoms with Crippen LogP contribution in [0.1, 0.15) is 16.1 Å². The molecule has 0 aliphatic carbocycles. The minimum absolute atomic E-state index is 0.00478. The van der Waals surface area contributed by atoms with Crippen molar-refractivity contribution in [1.82, 2.24) is 4.98 Å². The van der Waals surface area contributed by atoms with Crippen LogP contribution in [0.3, 0.4) is 0 Å². The first-order chi connectivity index (χ1) is 10.8. The Morgan fingerprint density at radius 1 is 1.13 bits per heavy atom. The van der Waals surface area contributed by atoms with E-state index in [1.165, 1.54) is 6.21 Å². The molecule has 0 aliphatic heterocycles. The van der Waals surface area contributed by atoms with Gasteiger partial charge in [-0.15, -0.1) is 0 Å². The van der Waals surface area contributed by atoms with Gasteiger partial charge in [-0.3, -0.25) is 5.43 Å². The van der Waals surface area contributed by atoms with Crippen LogP contribution in [0.5, 0.6) is 0 Å². The standard InChI is InChI=1S/C13H6Cl5N3O2/c14-6-2-1-3-7(15)5(6)4-19-21-10-8(16)11(13(22)23)20-12(18)9(10)17/h1-4H,(H,20,21)(H,22,23). The Kier molecular flexibility index (Phi) is 5.95. The highest BCUT2D eigenvalue weighted by Crippen LogP contribution is 2.36. The minimum atomic E-state index is -1.35. The fourth-order valence-corrected chi connectivity index (χ4v) is 2.71. The molecule has 0 amide bonds. The van der Waals surface area contributed by atoms with Crippen LogP contribution in [0.15, 0.2) is 23.3 Å². The van der Waals surface area contributed by atoms with Crippen molar-refractivity contribution in [2.45, 2.75) is 0 Å². The molecular formula is C13H6Cl5N3O2. The average molecular weight is 413 g/mol. The van der Waals surface area contributed by atoms with E-state index in [-0.39, 0.29) is 20.9 Å². The van der Waals surface area contributed by atoms with Crippen LogP contribution >= 0.6 is 58.0 Å². The molecular weight excluding hydrogens is 407 g/mol. The molecule has 0 atom stereocenters. The first kappa shape index (κ1) is 18.1. The van der Waals surface area contributed by atoms with Crippen LogP contribution in [-0.4, -0.2) is 22.3 Å². The molecule has 10 heteroatoms. The van der Waals surface area contributed by atoms with Crippen molar-refractivity contribution < 1.29 is 9.90 Å². The molecule has 2 N–H and O–H groups in total. The van der Waals surface area contributed by atoms with Crippen LogP contribution in [0, 0.1) is 0 Å². The summed E-state index contributed by atoms with van der Waals surface area (Å²) in [5.41, 5.74) is 2.54. The Bertz CT molecular complexity index is 790. The molecule has 23 heavy (non-hydrogen) atoms. The van der Waals surface area contributed by atoms with Crippen molar-refractivity contribution in [2.75, 3.05) is 5.43 Å². The highest BCUT2D eigenvalue weighted by atomic mass is 35.5. The lowest BCUT2D eigenvalue weighted by molar-refractivity contribution is 0.0691. The Morgan fingerprint density at radius 2 is 1.74 bits per heavy atom. The zero-order valence-corrected chi connectivity index (χ0v) is 14.7. The number of carboxylic acid groups (broad SMARTS) is 1. The van der Waals surface area contributed by atoms with Crippen molar-refractivity contribution in [1.29, 1.82) is 0 Å². The van der Waals surface area contributed by atoms with E-state index < -0.39 is 11.7 Å². The van der Waals surface area contributed by atoms with Crippen molar-refractivity contribution in [3.63, 3.8) is 0 Å². The molecule has 0 unspecified atom stereocenters. The van der Waals surface area contributed by atoms with Gasteiger partial charge in [0, 0.05) is 5.56 Å². The second kappa shape index (κ2) is 7.55. The van der Waals surface area contributed by atoms with Gasteiger partial charge in [0.25, 0.3) is 0 Å². The van der Waals surface area contributed by atoms with Gasteiger partial charge >= 0.3 is 5.97 Å². The van der Waals surface area contributed by atoms with Gasteiger partial charge in [0.15, 0.2) is 10.8 Å². The van der Waals surface area contributed by atoms with Crippen LogP contribution < -0.4 is 5.43 Å². The maximum atomic E-state index is 11.1. The second-order valence-corrected chi connectivity index (χ2v) is 5.99. The molecule has 1 heterocycles. The predicted molar refractivity (Wildman–Crippen MR) is 93.9 cm³/mol. The Balaban J connectivity index is 2.37. The molecule has 0 fully saturated rings. The Morgan fingerprint density at radius 3 is 2.30 bits per heavy atom. The summed E-state index contributed by atoms with van der Waals surface area (Å²) < 4.78 is 0. The van der Waals surface area contributed by atoms with Crippen molar-refractivity contribution in [3.8, 4) is 0 Å². The highest BCUT2D eigenvalue weighted by Gasteiger charge is 2.20. The summed E-state index contributed by atoms with van der Waals surface area (Å²) in [5.74, 6) is -1.35. The second-order valence-electron chi connectivity index (χ2n) is 4.06. The quantitative estimate of drug-likeness (QED) is 0.395. The third-order valence-electron chi connectivity index (χ3n) is 2.61. The summed E-state index contributed by atoms with van der Waals surface area (Å²) in [4.78, 5) is 14.7. The number of hydrogen-bond donors (Lipinski definition) is 2. The maximum absolute atomic E-state index is 11.1. The number of aromatic nitrogens is 1. The summed E-state index contributed by atoms with van der Waals surface area (Å²) in [6, 6.07) is 4.96. The number of anilines is 1. The molecule has 2 rings (SSSR count). The Labute approximate surface area is 155 Å². The van der Waals surface area contributed by atoms with Gasteiger partial charge in [-0.25, -0.2) is 9.78 Å². The van der Waals surface area contributed by atoms with Crippen LogP contribution in [0.4, 0.5) is 5.69 Å². The van der Waals surface area contributed by atoms with Gasteiger partial charge in [-0.05, 0) is 12.1 Å². The first-order valence-electron chi connectivity index (χ1n) is 5.83. The lowest BCUT2D eigenvalue weighted by atomic mass is 10.2. The lowest BCUT2D eigenvalue weighted by Gasteiger charge is -2.09. The van der Waals surface area contributed by atoms with E-state index in [2.05, 4.69) is 15.5 Å². The fraction of sp³-hybridized carbons (Fsp3) is 0. The topological polar surface area (TPSA) is 74.6 Å².